The molecule has 0 aliphatic rings. The Labute approximate surface area is 217 Å². The van der Waals surface area contributed by atoms with Crippen molar-refractivity contribution in [3.05, 3.63) is 60.2 Å². The maximum absolute atomic E-state index is 11.3. The van der Waals surface area contributed by atoms with Crippen molar-refractivity contribution in [2.45, 2.75) is 4.90 Å². The normalized spacial score (nSPS) is 10.4. The molecule has 146 valence electrons. The number of benzene rings is 3. The van der Waals surface area contributed by atoms with Crippen LogP contribution < -0.4 is 59.1 Å². The zero-order chi connectivity index (χ0) is 20.9. The fourth-order valence-corrected chi connectivity index (χ4v) is 2.81. The van der Waals surface area contributed by atoms with Gasteiger partial charge in [0.2, 0.25) is 0 Å². The number of nitrogens with zero attached hydrogens (tertiary/aromatic N) is 1. The molecule has 0 aliphatic carbocycles. The molecule has 13 heteroatoms. The van der Waals surface area contributed by atoms with Crippen molar-refractivity contribution in [3.63, 3.8) is 0 Å². The molecule has 0 heterocycles. The Morgan fingerprint density at radius 3 is 2.17 bits per heavy atom. The van der Waals surface area contributed by atoms with Crippen molar-refractivity contribution in [1.29, 1.82) is 0 Å². The molecule has 0 bridgehead atoms. The molecule has 0 saturated heterocycles. The molecule has 3 aromatic rings. The van der Waals surface area contributed by atoms with E-state index in [2.05, 4.69) is 11.1 Å². The van der Waals surface area contributed by atoms with E-state index in [1.165, 1.54) is 24.4 Å². The van der Waals surface area contributed by atoms with Gasteiger partial charge in [0.1, 0.15) is 15.9 Å². The van der Waals surface area contributed by atoms with Gasteiger partial charge in [0, 0.05) is 22.4 Å². The van der Waals surface area contributed by atoms with E-state index in [0.717, 1.165) is 12.1 Å². The smallest absolute Gasteiger partial charge is 0.744 e. The van der Waals surface area contributed by atoms with E-state index in [-0.39, 0.29) is 81.7 Å². The van der Waals surface area contributed by atoms with Crippen LogP contribution in [0.1, 0.15) is 5.56 Å². The van der Waals surface area contributed by atoms with E-state index in [4.69, 9.17) is 12.6 Å². The summed E-state index contributed by atoms with van der Waals surface area (Å²) in [6.07, 6.45) is 1.32. The average Bonchev–Trinajstić information content (AvgIpc) is 2.59. The van der Waals surface area contributed by atoms with Gasteiger partial charge >= 0.3 is 69.7 Å². The number of aromatic hydroxyl groups is 2. The van der Waals surface area contributed by atoms with Gasteiger partial charge in [0.25, 0.3) is 0 Å². The van der Waals surface area contributed by atoms with Crippen LogP contribution in [0.5, 0.6) is 11.5 Å². The molecular weight excluding hydrogens is 456 g/mol. The molecule has 3 aromatic carbocycles. The molecular formula is C17H11NNa2O8S2. The van der Waals surface area contributed by atoms with Crippen LogP contribution in [0.3, 0.4) is 0 Å². The fourth-order valence-electron chi connectivity index (χ4n) is 2.28. The van der Waals surface area contributed by atoms with Crippen molar-refractivity contribution in [2.75, 3.05) is 0 Å². The summed E-state index contributed by atoms with van der Waals surface area (Å²) in [5.41, 5.74) is 0.500. The summed E-state index contributed by atoms with van der Waals surface area (Å²) in [7, 11) is -7.80. The van der Waals surface area contributed by atoms with Crippen LogP contribution in [0.25, 0.3) is 10.8 Å². The first-order chi connectivity index (χ1) is 13.1. The number of hydrogen-bond acceptors (Lipinski definition) is 9. The Balaban J connectivity index is 0.00000129. The van der Waals surface area contributed by atoms with Gasteiger partial charge in [-0.25, -0.2) is 8.42 Å². The minimum Gasteiger partial charge on any atom is -0.744 e. The van der Waals surface area contributed by atoms with Gasteiger partial charge in [0.05, 0.1) is 5.69 Å². The number of phenols is 2. The van der Waals surface area contributed by atoms with E-state index in [9.17, 15) is 23.2 Å². The SMILES string of the molecule is O=S(=O)([O-])c1cc(N=Cc2ccccc2O)c2c(O)c[c-]cc2c1.O=S(=O)=O.[Na+].[Na+]. The third kappa shape index (κ3) is 8.10. The number of fused-ring (bicyclic) bond motifs is 1. The second-order valence-electron chi connectivity index (χ2n) is 5.22. The van der Waals surface area contributed by atoms with Crippen LogP contribution in [0, 0.1) is 6.07 Å². The summed E-state index contributed by atoms with van der Waals surface area (Å²) in [4.78, 5) is 3.68. The fraction of sp³-hybridized carbons (Fsp3) is 0. The maximum Gasteiger partial charge on any atom is 1.00 e. The number of para-hydroxylation sites is 1. The van der Waals surface area contributed by atoms with Crippen molar-refractivity contribution in [2.24, 2.45) is 4.99 Å². The van der Waals surface area contributed by atoms with Gasteiger partial charge in [-0.2, -0.15) is 12.1 Å². The Kier molecular flexibility index (Phi) is 12.0. The molecule has 0 aromatic heterocycles. The van der Waals surface area contributed by atoms with Gasteiger partial charge in [-0.3, -0.25) is 4.99 Å². The number of hydrogen-bond donors (Lipinski definition) is 2. The number of rotatable bonds is 3. The first-order valence-corrected chi connectivity index (χ1v) is 9.72. The van der Waals surface area contributed by atoms with Crippen molar-refractivity contribution in [1.82, 2.24) is 0 Å². The molecule has 30 heavy (non-hydrogen) atoms. The van der Waals surface area contributed by atoms with E-state index in [1.54, 1.807) is 18.2 Å². The molecule has 0 unspecified atom stereocenters. The molecule has 0 aliphatic heterocycles. The standard InChI is InChI=1S/C17H12NO5S.2Na.O3S/c19-15-6-2-1-4-12(15)10-18-14-9-13(24(21,22)23)8-11-5-3-7-16(20)17(11)14;;;1-4(2)3/h1-2,4-10,19-20H,(H,21,22,23);;;/q-1;2*+1;/p-1. The minimum atomic E-state index is -4.69. The van der Waals surface area contributed by atoms with Crippen LogP contribution in [-0.2, 0) is 20.7 Å². The largest absolute Gasteiger partial charge is 1.00 e. The second-order valence-corrected chi connectivity index (χ2v) is 7.01. The predicted octanol–water partition coefficient (Wildman–Crippen LogP) is -4.29. The Hall–Kier alpha value is -1.28. The summed E-state index contributed by atoms with van der Waals surface area (Å²) in [6.45, 7) is 0. The second kappa shape index (κ2) is 12.5. The van der Waals surface area contributed by atoms with Gasteiger partial charge in [-0.05, 0) is 18.2 Å². The van der Waals surface area contributed by atoms with Crippen LogP contribution in [0.4, 0.5) is 5.69 Å². The molecule has 0 fully saturated rings. The summed E-state index contributed by atoms with van der Waals surface area (Å²) < 4.78 is 59.3. The zero-order valence-electron chi connectivity index (χ0n) is 15.8. The van der Waals surface area contributed by atoms with E-state index < -0.39 is 25.6 Å². The van der Waals surface area contributed by atoms with E-state index in [1.807, 2.05) is 0 Å². The van der Waals surface area contributed by atoms with Crippen LogP contribution >= 0.6 is 0 Å². The van der Waals surface area contributed by atoms with Gasteiger partial charge < -0.3 is 14.8 Å². The zero-order valence-corrected chi connectivity index (χ0v) is 21.4. The predicted molar refractivity (Wildman–Crippen MR) is 97.5 cm³/mol. The van der Waals surface area contributed by atoms with Crippen LogP contribution in [0.15, 0.2) is 58.4 Å². The van der Waals surface area contributed by atoms with Crippen LogP contribution in [0.2, 0.25) is 0 Å². The quantitative estimate of drug-likeness (QED) is 0.169. The third-order valence-electron chi connectivity index (χ3n) is 3.40. The van der Waals surface area contributed by atoms with Crippen molar-refractivity contribution >= 4 is 43.4 Å². The van der Waals surface area contributed by atoms with E-state index >= 15 is 0 Å². The Morgan fingerprint density at radius 2 is 1.60 bits per heavy atom. The van der Waals surface area contributed by atoms with Gasteiger partial charge in [-0.15, -0.1) is 24.1 Å². The first kappa shape index (κ1) is 28.7. The molecule has 0 saturated carbocycles. The minimum absolute atomic E-state index is 0. The summed E-state index contributed by atoms with van der Waals surface area (Å²) >= 11 is 0. The molecule has 0 amide bonds. The first-order valence-electron chi connectivity index (χ1n) is 7.31. The van der Waals surface area contributed by atoms with Crippen molar-refractivity contribution < 1.29 is 94.9 Å². The topological polar surface area (TPSA) is 161 Å². The molecule has 0 atom stereocenters. The summed E-state index contributed by atoms with van der Waals surface area (Å²) in [6, 6.07) is 14.1. The third-order valence-corrected chi connectivity index (χ3v) is 4.22. The van der Waals surface area contributed by atoms with Gasteiger partial charge in [-0.1, -0.05) is 23.6 Å². The maximum atomic E-state index is 11.3. The number of phenolic OH excluding ortho intramolecular Hbond substituents is 2. The molecule has 0 radical (unpaired) electrons. The average molecular weight is 467 g/mol. The van der Waals surface area contributed by atoms with Crippen molar-refractivity contribution in [3.8, 4) is 11.5 Å². The van der Waals surface area contributed by atoms with Crippen LogP contribution in [-0.4, -0.2) is 42.0 Å². The molecule has 2 N–H and O–H groups in total. The summed E-state index contributed by atoms with van der Waals surface area (Å²) in [5.74, 6) is -0.150. The molecule has 3 rings (SSSR count). The Bertz CT molecular complexity index is 1270. The van der Waals surface area contributed by atoms with E-state index in [0.29, 0.717) is 10.9 Å². The molecule has 9 nitrogen and oxygen atoms in total. The summed E-state index contributed by atoms with van der Waals surface area (Å²) in [5, 5.41) is 20.4. The monoisotopic (exact) mass is 467 g/mol. The Morgan fingerprint density at radius 1 is 1.00 bits per heavy atom. The molecule has 0 spiro atoms. The van der Waals surface area contributed by atoms with Gasteiger partial charge in [0.15, 0.2) is 0 Å². The number of aliphatic imine (C=N–C) groups is 1.